The van der Waals surface area contributed by atoms with Crippen LogP contribution in [0.2, 0.25) is 0 Å². The van der Waals surface area contributed by atoms with E-state index in [0.717, 1.165) is 0 Å². The van der Waals surface area contributed by atoms with E-state index in [1.807, 2.05) is 40.7 Å². The number of hydroxylamine groups is 1. The smallest absolute Gasteiger partial charge is 0.109 e. The second kappa shape index (κ2) is 11.3. The summed E-state index contributed by atoms with van der Waals surface area (Å²) in [6, 6.07) is 0.394. The van der Waals surface area contributed by atoms with Gasteiger partial charge in [-0.25, -0.2) is 0 Å². The Kier molecular flexibility index (Phi) is 13.8. The molecule has 0 amide bonds. The summed E-state index contributed by atoms with van der Waals surface area (Å²) in [6.45, 7) is 10.0. The molecule has 0 saturated heterocycles. The normalized spacial score (nSPS) is 19.5. The van der Waals surface area contributed by atoms with Crippen LogP contribution in [0.15, 0.2) is 12.3 Å². The van der Waals surface area contributed by atoms with Crippen LogP contribution >= 0.6 is 0 Å². The Morgan fingerprint density at radius 3 is 1.80 bits per heavy atom. The lowest BCUT2D eigenvalue weighted by Gasteiger charge is -1.94. The molecule has 0 aliphatic carbocycles. The van der Waals surface area contributed by atoms with Gasteiger partial charge in [0.2, 0.25) is 0 Å². The van der Waals surface area contributed by atoms with E-state index in [9.17, 15) is 0 Å². The summed E-state index contributed by atoms with van der Waals surface area (Å²) < 4.78 is 0. The zero-order valence-electron chi connectivity index (χ0n) is 7.64. The third-order valence-electron chi connectivity index (χ3n) is 0.689. The van der Waals surface area contributed by atoms with Crippen molar-refractivity contribution in [3.8, 4) is 0 Å². The Labute approximate surface area is 64.2 Å². The van der Waals surface area contributed by atoms with Crippen LogP contribution in [-0.4, -0.2) is 6.04 Å². The summed E-state index contributed by atoms with van der Waals surface area (Å²) in [6.07, 6.45) is 3.59. The molecule has 0 bridgehead atoms. The van der Waals surface area contributed by atoms with Gasteiger partial charge in [-0.3, -0.25) is 0 Å². The quantitative estimate of drug-likeness (QED) is 0.565. The van der Waals surface area contributed by atoms with Gasteiger partial charge < -0.3 is 4.84 Å². The third kappa shape index (κ3) is 7.50. The molecule has 0 aromatic rings. The van der Waals surface area contributed by atoms with Gasteiger partial charge in [-0.15, -0.1) is 0 Å². The minimum Gasteiger partial charge on any atom is -0.416 e. The first-order valence-corrected chi connectivity index (χ1v) is 3.97. The van der Waals surface area contributed by atoms with Crippen LogP contribution in [0.1, 0.15) is 34.6 Å². The standard InChI is InChI=1S/C4H7NO.2C2H6/c1-4-2-3-6-5-4;2*1-2/h2-5H,1H3;2*1-2H3. The van der Waals surface area contributed by atoms with Gasteiger partial charge in [0.05, 0.1) is 6.04 Å². The minimum absolute atomic E-state index is 0.394. The predicted molar refractivity (Wildman–Crippen MR) is 45.5 cm³/mol. The second-order valence-corrected chi connectivity index (χ2v) is 1.35. The molecule has 1 unspecified atom stereocenters. The van der Waals surface area contributed by atoms with Crippen molar-refractivity contribution >= 4 is 0 Å². The first kappa shape index (κ1) is 12.2. The molecule has 62 valence electrons. The molecule has 1 N–H and O–H groups in total. The van der Waals surface area contributed by atoms with Crippen LogP contribution in [0.3, 0.4) is 0 Å². The SMILES string of the molecule is CC.CC.CC1C=CON1. The van der Waals surface area contributed by atoms with Gasteiger partial charge in [0.1, 0.15) is 6.26 Å². The maximum Gasteiger partial charge on any atom is 0.109 e. The number of rotatable bonds is 0. The van der Waals surface area contributed by atoms with Gasteiger partial charge in [0.15, 0.2) is 0 Å². The zero-order valence-corrected chi connectivity index (χ0v) is 7.64. The maximum absolute atomic E-state index is 4.63. The lowest BCUT2D eigenvalue weighted by Crippen LogP contribution is -2.15. The molecule has 1 heterocycles. The van der Waals surface area contributed by atoms with Gasteiger partial charge in [0, 0.05) is 0 Å². The molecule has 1 rings (SSSR count). The summed E-state index contributed by atoms with van der Waals surface area (Å²) in [4.78, 5) is 4.63. The highest BCUT2D eigenvalue weighted by Gasteiger charge is 1.98. The van der Waals surface area contributed by atoms with E-state index in [0.29, 0.717) is 6.04 Å². The Morgan fingerprint density at radius 1 is 1.20 bits per heavy atom. The maximum atomic E-state index is 4.63. The number of hydrogen-bond donors (Lipinski definition) is 1. The minimum atomic E-state index is 0.394. The van der Waals surface area contributed by atoms with Gasteiger partial charge >= 0.3 is 0 Å². The first-order chi connectivity index (χ1) is 4.89. The van der Waals surface area contributed by atoms with E-state index in [2.05, 4.69) is 10.3 Å². The Hall–Kier alpha value is -0.500. The Morgan fingerprint density at radius 2 is 1.70 bits per heavy atom. The average molecular weight is 145 g/mol. The molecule has 0 saturated carbocycles. The monoisotopic (exact) mass is 145 g/mol. The summed E-state index contributed by atoms with van der Waals surface area (Å²) in [7, 11) is 0. The molecule has 2 heteroatoms. The Balaban J connectivity index is 0. The average Bonchev–Trinajstić information content (AvgIpc) is 2.48. The van der Waals surface area contributed by atoms with Gasteiger partial charge in [0.25, 0.3) is 0 Å². The highest BCUT2D eigenvalue weighted by molar-refractivity contribution is 4.87. The Bertz CT molecular complexity index is 71.7. The van der Waals surface area contributed by atoms with Crippen LogP contribution < -0.4 is 5.48 Å². The molecule has 0 spiro atoms. The van der Waals surface area contributed by atoms with Crippen molar-refractivity contribution in [2.75, 3.05) is 0 Å². The largest absolute Gasteiger partial charge is 0.416 e. The van der Waals surface area contributed by atoms with Crippen LogP contribution in [0.25, 0.3) is 0 Å². The lowest BCUT2D eigenvalue weighted by atomic mass is 10.4. The van der Waals surface area contributed by atoms with Crippen molar-refractivity contribution in [3.05, 3.63) is 12.3 Å². The summed E-state index contributed by atoms with van der Waals surface area (Å²) in [5.74, 6) is 0. The van der Waals surface area contributed by atoms with E-state index < -0.39 is 0 Å². The van der Waals surface area contributed by atoms with Gasteiger partial charge in [-0.05, 0) is 13.0 Å². The predicted octanol–water partition coefficient (Wildman–Crippen LogP) is 2.48. The molecule has 0 aromatic heterocycles. The van der Waals surface area contributed by atoms with Crippen molar-refractivity contribution in [1.82, 2.24) is 5.48 Å². The third-order valence-corrected chi connectivity index (χ3v) is 0.689. The van der Waals surface area contributed by atoms with Crippen molar-refractivity contribution in [3.63, 3.8) is 0 Å². The van der Waals surface area contributed by atoms with E-state index in [4.69, 9.17) is 0 Å². The summed E-state index contributed by atoms with van der Waals surface area (Å²) >= 11 is 0. The highest BCUT2D eigenvalue weighted by Crippen LogP contribution is 1.91. The van der Waals surface area contributed by atoms with E-state index in [-0.39, 0.29) is 0 Å². The van der Waals surface area contributed by atoms with Crippen LogP contribution in [0.4, 0.5) is 0 Å². The molecule has 1 aliphatic rings. The van der Waals surface area contributed by atoms with Gasteiger partial charge in [-0.1, -0.05) is 27.7 Å². The fraction of sp³-hybridized carbons (Fsp3) is 0.750. The molecule has 1 atom stereocenters. The molecule has 10 heavy (non-hydrogen) atoms. The van der Waals surface area contributed by atoms with E-state index >= 15 is 0 Å². The van der Waals surface area contributed by atoms with E-state index in [1.165, 1.54) is 0 Å². The van der Waals surface area contributed by atoms with Crippen molar-refractivity contribution in [2.24, 2.45) is 0 Å². The fourth-order valence-corrected chi connectivity index (χ4v) is 0.343. The molecule has 0 radical (unpaired) electrons. The molecule has 0 aromatic carbocycles. The van der Waals surface area contributed by atoms with Crippen molar-refractivity contribution in [1.29, 1.82) is 0 Å². The number of hydrogen-bond acceptors (Lipinski definition) is 2. The fourth-order valence-electron chi connectivity index (χ4n) is 0.343. The van der Waals surface area contributed by atoms with E-state index in [1.54, 1.807) is 6.26 Å². The van der Waals surface area contributed by atoms with Crippen LogP contribution in [0, 0.1) is 0 Å². The first-order valence-electron chi connectivity index (χ1n) is 3.97. The number of nitrogens with one attached hydrogen (secondary N) is 1. The molecule has 1 aliphatic heterocycles. The molecule has 2 nitrogen and oxygen atoms in total. The molecular formula is C8H19NO. The summed E-state index contributed by atoms with van der Waals surface area (Å²) in [5.41, 5.74) is 2.71. The zero-order chi connectivity index (χ0) is 8.41. The summed E-state index contributed by atoms with van der Waals surface area (Å²) in [5, 5.41) is 0. The molecule has 0 fully saturated rings. The van der Waals surface area contributed by atoms with Gasteiger partial charge in [-0.2, -0.15) is 5.48 Å². The molecular weight excluding hydrogens is 126 g/mol. The van der Waals surface area contributed by atoms with Crippen molar-refractivity contribution < 1.29 is 4.84 Å². The second-order valence-electron chi connectivity index (χ2n) is 1.35. The van der Waals surface area contributed by atoms with Crippen molar-refractivity contribution in [2.45, 2.75) is 40.7 Å². The van der Waals surface area contributed by atoms with Crippen LogP contribution in [-0.2, 0) is 4.84 Å². The van der Waals surface area contributed by atoms with Crippen LogP contribution in [0.5, 0.6) is 0 Å². The lowest BCUT2D eigenvalue weighted by molar-refractivity contribution is 0.146. The topological polar surface area (TPSA) is 21.3 Å². The highest BCUT2D eigenvalue weighted by atomic mass is 16.6.